The van der Waals surface area contributed by atoms with Crippen molar-refractivity contribution in [3.8, 4) is 0 Å². The highest BCUT2D eigenvalue weighted by molar-refractivity contribution is 5.96. The number of methoxy groups -OCH3 is 1. The number of nitrogens with one attached hydrogen (secondary N) is 2. The van der Waals surface area contributed by atoms with E-state index in [2.05, 4.69) is 36.1 Å². The van der Waals surface area contributed by atoms with Gasteiger partial charge in [-0.25, -0.2) is 4.79 Å². The maximum atomic E-state index is 12.2. The first-order valence-electron chi connectivity index (χ1n) is 9.91. The lowest BCUT2D eigenvalue weighted by Gasteiger charge is -2.21. The van der Waals surface area contributed by atoms with Crippen LogP contribution in [-0.4, -0.2) is 50.1 Å². The number of amides is 2. The number of hydrogen-bond donors (Lipinski definition) is 2. The molecular formula is C22H32N2O6. The van der Waals surface area contributed by atoms with E-state index >= 15 is 0 Å². The molecule has 0 aliphatic rings. The fourth-order valence-corrected chi connectivity index (χ4v) is 2.58. The summed E-state index contributed by atoms with van der Waals surface area (Å²) in [5, 5.41) is 4.96. The maximum Gasteiger partial charge on any atom is 0.328 e. The molecule has 0 aliphatic carbocycles. The monoisotopic (exact) mass is 420 g/mol. The van der Waals surface area contributed by atoms with E-state index < -0.39 is 36.4 Å². The first-order valence-corrected chi connectivity index (χ1v) is 9.91. The summed E-state index contributed by atoms with van der Waals surface area (Å²) >= 11 is 0. The average Bonchev–Trinajstić information content (AvgIpc) is 2.72. The van der Waals surface area contributed by atoms with Gasteiger partial charge in [-0.3, -0.25) is 14.4 Å². The Morgan fingerprint density at radius 2 is 1.67 bits per heavy atom. The summed E-state index contributed by atoms with van der Waals surface area (Å²) in [6.45, 7) is 8.97. The third kappa shape index (κ3) is 7.85. The van der Waals surface area contributed by atoms with Crippen molar-refractivity contribution in [1.29, 1.82) is 0 Å². The Hall–Kier alpha value is -2.90. The largest absolute Gasteiger partial charge is 0.467 e. The van der Waals surface area contributed by atoms with Crippen molar-refractivity contribution >= 4 is 23.8 Å². The lowest BCUT2D eigenvalue weighted by molar-refractivity contribution is -0.150. The van der Waals surface area contributed by atoms with E-state index in [4.69, 9.17) is 4.74 Å². The summed E-state index contributed by atoms with van der Waals surface area (Å²) in [4.78, 5) is 47.8. The van der Waals surface area contributed by atoms with Crippen LogP contribution in [0.15, 0.2) is 24.3 Å². The van der Waals surface area contributed by atoms with Gasteiger partial charge in [0.2, 0.25) is 0 Å². The van der Waals surface area contributed by atoms with Gasteiger partial charge in [-0.15, -0.1) is 0 Å². The van der Waals surface area contributed by atoms with Gasteiger partial charge in [0, 0.05) is 5.56 Å². The van der Waals surface area contributed by atoms with Crippen LogP contribution in [0.25, 0.3) is 0 Å². The Morgan fingerprint density at radius 1 is 1.07 bits per heavy atom. The Labute approximate surface area is 177 Å². The second-order valence-electron chi connectivity index (χ2n) is 8.12. The summed E-state index contributed by atoms with van der Waals surface area (Å²) in [6.07, 6.45) is 0.655. The Kier molecular flexibility index (Phi) is 9.49. The molecule has 0 bridgehead atoms. The zero-order chi connectivity index (χ0) is 22.9. The molecular weight excluding hydrogens is 388 g/mol. The maximum absolute atomic E-state index is 12.2. The minimum absolute atomic E-state index is 0.0266. The molecule has 0 saturated carbocycles. The smallest absolute Gasteiger partial charge is 0.328 e. The summed E-state index contributed by atoms with van der Waals surface area (Å²) < 4.78 is 9.55. The second kappa shape index (κ2) is 11.3. The van der Waals surface area contributed by atoms with Crippen molar-refractivity contribution in [2.24, 2.45) is 5.92 Å². The number of ether oxygens (including phenoxy) is 2. The van der Waals surface area contributed by atoms with E-state index in [0.717, 1.165) is 5.56 Å². The molecule has 1 aromatic rings. The quantitative estimate of drug-likeness (QED) is 0.591. The SMILES string of the molecule is CCC(C)C(NC(=O)COC(=O)CNC(=O)c1ccc(C(C)(C)C)cc1)C(=O)OC. The van der Waals surface area contributed by atoms with Gasteiger partial charge in [0.25, 0.3) is 11.8 Å². The van der Waals surface area contributed by atoms with Crippen LogP contribution < -0.4 is 10.6 Å². The van der Waals surface area contributed by atoms with E-state index in [1.165, 1.54) is 7.11 Å². The average molecular weight is 421 g/mol. The summed E-state index contributed by atoms with van der Waals surface area (Å²) in [6, 6.07) is 6.30. The Bertz CT molecular complexity index is 752. The molecule has 0 heterocycles. The molecule has 8 heteroatoms. The zero-order valence-corrected chi connectivity index (χ0v) is 18.5. The van der Waals surface area contributed by atoms with Gasteiger partial charge in [0.15, 0.2) is 6.61 Å². The predicted octanol–water partition coefficient (Wildman–Crippen LogP) is 1.96. The minimum Gasteiger partial charge on any atom is -0.467 e. The standard InChI is InChI=1S/C22H32N2O6/c1-7-14(2)19(21(28)29-6)24-17(25)13-30-18(26)12-23-20(27)15-8-10-16(11-9-15)22(3,4)5/h8-11,14,19H,7,12-13H2,1-6H3,(H,23,27)(H,24,25). The number of esters is 2. The third-order valence-corrected chi connectivity index (χ3v) is 4.76. The number of carbonyl (C=O) groups excluding carboxylic acids is 4. The molecule has 166 valence electrons. The molecule has 0 aliphatic heterocycles. The van der Waals surface area contributed by atoms with Crippen LogP contribution in [-0.2, 0) is 29.3 Å². The summed E-state index contributed by atoms with van der Waals surface area (Å²) in [5.41, 5.74) is 1.48. The zero-order valence-electron chi connectivity index (χ0n) is 18.5. The normalized spacial score (nSPS) is 13.0. The van der Waals surface area contributed by atoms with Gasteiger partial charge in [0.1, 0.15) is 12.6 Å². The number of rotatable bonds is 9. The highest BCUT2D eigenvalue weighted by Crippen LogP contribution is 2.22. The minimum atomic E-state index is -0.818. The number of hydrogen-bond acceptors (Lipinski definition) is 6. The van der Waals surface area contributed by atoms with Crippen LogP contribution >= 0.6 is 0 Å². The van der Waals surface area contributed by atoms with Crippen LogP contribution in [0.1, 0.15) is 57.0 Å². The van der Waals surface area contributed by atoms with Gasteiger partial charge >= 0.3 is 11.9 Å². The van der Waals surface area contributed by atoms with E-state index in [-0.39, 0.29) is 17.9 Å². The molecule has 2 N–H and O–H groups in total. The first-order chi connectivity index (χ1) is 14.0. The molecule has 2 unspecified atom stereocenters. The molecule has 0 fully saturated rings. The van der Waals surface area contributed by atoms with Crippen LogP contribution in [0, 0.1) is 5.92 Å². The molecule has 1 aromatic carbocycles. The molecule has 0 radical (unpaired) electrons. The molecule has 0 saturated heterocycles. The number of carbonyl (C=O) groups is 4. The topological polar surface area (TPSA) is 111 Å². The van der Waals surface area contributed by atoms with Crippen molar-refractivity contribution in [2.75, 3.05) is 20.3 Å². The lowest BCUT2D eigenvalue weighted by Crippen LogP contribution is -2.47. The van der Waals surface area contributed by atoms with Gasteiger partial charge in [-0.1, -0.05) is 53.2 Å². The van der Waals surface area contributed by atoms with Crippen LogP contribution in [0.2, 0.25) is 0 Å². The molecule has 2 atom stereocenters. The molecule has 0 aromatic heterocycles. The first kappa shape index (κ1) is 25.1. The van der Waals surface area contributed by atoms with Crippen LogP contribution in [0.4, 0.5) is 0 Å². The Balaban J connectivity index is 2.48. The van der Waals surface area contributed by atoms with Crippen molar-refractivity contribution < 1.29 is 28.7 Å². The number of benzene rings is 1. The van der Waals surface area contributed by atoms with Gasteiger partial charge in [0.05, 0.1) is 7.11 Å². The molecule has 1 rings (SSSR count). The van der Waals surface area contributed by atoms with E-state index in [0.29, 0.717) is 12.0 Å². The van der Waals surface area contributed by atoms with Crippen LogP contribution in [0.3, 0.4) is 0 Å². The van der Waals surface area contributed by atoms with Crippen molar-refractivity contribution in [3.05, 3.63) is 35.4 Å². The molecule has 8 nitrogen and oxygen atoms in total. The highest BCUT2D eigenvalue weighted by Gasteiger charge is 2.27. The van der Waals surface area contributed by atoms with Gasteiger partial charge in [-0.2, -0.15) is 0 Å². The van der Waals surface area contributed by atoms with Crippen LogP contribution in [0.5, 0.6) is 0 Å². The fourth-order valence-electron chi connectivity index (χ4n) is 2.58. The summed E-state index contributed by atoms with van der Waals surface area (Å²) in [5.74, 6) is -2.50. The highest BCUT2D eigenvalue weighted by atomic mass is 16.5. The lowest BCUT2D eigenvalue weighted by atomic mass is 9.87. The van der Waals surface area contributed by atoms with Crippen molar-refractivity contribution in [3.63, 3.8) is 0 Å². The van der Waals surface area contributed by atoms with E-state index in [9.17, 15) is 19.2 Å². The predicted molar refractivity (Wildman–Crippen MR) is 112 cm³/mol. The molecule has 30 heavy (non-hydrogen) atoms. The van der Waals surface area contributed by atoms with Crippen molar-refractivity contribution in [1.82, 2.24) is 10.6 Å². The molecule has 0 spiro atoms. The van der Waals surface area contributed by atoms with Gasteiger partial charge in [-0.05, 0) is 29.0 Å². The second-order valence-corrected chi connectivity index (χ2v) is 8.12. The van der Waals surface area contributed by atoms with Gasteiger partial charge < -0.3 is 20.1 Å². The summed E-state index contributed by atoms with van der Waals surface area (Å²) in [7, 11) is 1.24. The van der Waals surface area contributed by atoms with Crippen molar-refractivity contribution in [2.45, 2.75) is 52.5 Å². The fraction of sp³-hybridized carbons (Fsp3) is 0.545. The molecule has 2 amide bonds. The Morgan fingerprint density at radius 3 is 2.17 bits per heavy atom. The third-order valence-electron chi connectivity index (χ3n) is 4.76. The van der Waals surface area contributed by atoms with E-state index in [1.54, 1.807) is 19.1 Å². The van der Waals surface area contributed by atoms with E-state index in [1.807, 2.05) is 19.1 Å².